The smallest absolute Gasteiger partial charge is 0.309 e. The van der Waals surface area contributed by atoms with Crippen LogP contribution in [0.15, 0.2) is 0 Å². The predicted octanol–water partition coefficient (Wildman–Crippen LogP) is -2.05. The minimum absolute atomic E-state index is 0.152. The van der Waals surface area contributed by atoms with Crippen LogP contribution < -0.4 is 10.6 Å². The van der Waals surface area contributed by atoms with Gasteiger partial charge in [-0.05, 0) is 0 Å². The van der Waals surface area contributed by atoms with E-state index in [9.17, 15) is 19.7 Å². The van der Waals surface area contributed by atoms with Gasteiger partial charge in [-0.3, -0.25) is 19.7 Å². The number of piperazine rings is 1. The van der Waals surface area contributed by atoms with Crippen LogP contribution in [0, 0.1) is 16.0 Å². The van der Waals surface area contributed by atoms with Crippen LogP contribution in [-0.4, -0.2) is 55.5 Å². The molecule has 11 heteroatoms. The Hall–Kier alpha value is -2.59. The van der Waals surface area contributed by atoms with Crippen LogP contribution >= 0.6 is 0 Å². The molecule has 21 heavy (non-hydrogen) atoms. The van der Waals surface area contributed by atoms with Gasteiger partial charge in [-0.1, -0.05) is 12.1 Å². The zero-order chi connectivity index (χ0) is 15.1. The van der Waals surface area contributed by atoms with Gasteiger partial charge in [0.25, 0.3) is 0 Å². The van der Waals surface area contributed by atoms with Gasteiger partial charge >= 0.3 is 11.8 Å². The number of hydrogen-bond acceptors (Lipinski definition) is 7. The van der Waals surface area contributed by atoms with E-state index in [0.29, 0.717) is 5.82 Å². The van der Waals surface area contributed by atoms with Crippen molar-refractivity contribution in [2.45, 2.75) is 37.4 Å². The maximum Gasteiger partial charge on any atom is 0.309 e. The molecule has 1 saturated carbocycles. The molecule has 2 heterocycles. The zero-order valence-electron chi connectivity index (χ0n) is 11.0. The molecule has 2 amide bonds. The van der Waals surface area contributed by atoms with E-state index < -0.39 is 41.8 Å². The van der Waals surface area contributed by atoms with Gasteiger partial charge in [0.1, 0.15) is 0 Å². The van der Waals surface area contributed by atoms with Crippen LogP contribution in [0.4, 0.5) is 0 Å². The van der Waals surface area contributed by atoms with Crippen molar-refractivity contribution in [2.75, 3.05) is 0 Å². The molecule has 2 aliphatic rings. The quantitative estimate of drug-likeness (QED) is 0.322. The number of rotatable bonds is 2. The van der Waals surface area contributed by atoms with Crippen LogP contribution in [0.2, 0.25) is 0 Å². The van der Waals surface area contributed by atoms with Crippen molar-refractivity contribution >= 4 is 11.8 Å². The second-order valence-corrected chi connectivity index (χ2v) is 5.32. The first-order chi connectivity index (χ1) is 9.99. The maximum atomic E-state index is 11.6. The first kappa shape index (κ1) is 13.4. The van der Waals surface area contributed by atoms with Gasteiger partial charge in [0.2, 0.25) is 6.04 Å². The number of aromatic amines is 1. The summed E-state index contributed by atoms with van der Waals surface area (Å²) in [4.78, 5) is 33.9. The second kappa shape index (κ2) is 4.75. The minimum atomic E-state index is -0.856. The summed E-state index contributed by atoms with van der Waals surface area (Å²) < 4.78 is 0. The lowest BCUT2D eigenvalue weighted by atomic mass is 9.70. The molecule has 1 saturated heterocycles. The number of tetrazole rings is 1. The van der Waals surface area contributed by atoms with E-state index in [-0.39, 0.29) is 11.3 Å². The van der Waals surface area contributed by atoms with Crippen LogP contribution in [-0.2, 0) is 9.59 Å². The Bertz CT molecular complexity index is 588. The summed E-state index contributed by atoms with van der Waals surface area (Å²) >= 11 is 0. The third kappa shape index (κ3) is 2.10. The van der Waals surface area contributed by atoms with Gasteiger partial charge in [0, 0.05) is 17.3 Å². The number of carbonyl (C=O) groups is 2. The summed E-state index contributed by atoms with van der Waals surface area (Å²) in [5.74, 6) is -2.15. The third-order valence-electron chi connectivity index (χ3n) is 4.24. The Labute approximate surface area is 118 Å². The number of H-pyrrole nitrogens is 1. The molecule has 1 aromatic heterocycles. The highest BCUT2D eigenvalue weighted by molar-refractivity contribution is 6.35. The van der Waals surface area contributed by atoms with Gasteiger partial charge < -0.3 is 10.6 Å². The van der Waals surface area contributed by atoms with E-state index in [1.807, 2.05) is 0 Å². The summed E-state index contributed by atoms with van der Waals surface area (Å²) in [6.07, 6.45) is 0.152. The van der Waals surface area contributed by atoms with E-state index in [2.05, 4.69) is 31.3 Å². The highest BCUT2D eigenvalue weighted by atomic mass is 16.6. The summed E-state index contributed by atoms with van der Waals surface area (Å²) in [7, 11) is 0. The lowest BCUT2D eigenvalue weighted by molar-refractivity contribution is -0.536. The van der Waals surface area contributed by atoms with Crippen LogP contribution in [0.25, 0.3) is 0 Å². The van der Waals surface area contributed by atoms with Crippen molar-refractivity contribution in [1.82, 2.24) is 31.3 Å². The molecule has 5 atom stereocenters. The molecule has 0 aromatic carbocycles. The topological polar surface area (TPSA) is 156 Å². The normalized spacial score (nSPS) is 35.6. The van der Waals surface area contributed by atoms with Crippen LogP contribution in [0.5, 0.6) is 0 Å². The van der Waals surface area contributed by atoms with Crippen LogP contribution in [0.1, 0.15) is 25.1 Å². The number of carbonyl (C=O) groups excluding carboxylic acids is 2. The lowest BCUT2D eigenvalue weighted by Crippen LogP contribution is -2.68. The number of fused-ring (bicyclic) bond motifs is 1. The van der Waals surface area contributed by atoms with Gasteiger partial charge in [0.15, 0.2) is 5.82 Å². The number of amides is 2. The lowest BCUT2D eigenvalue weighted by Gasteiger charge is -2.43. The largest absolute Gasteiger partial charge is 0.343 e. The van der Waals surface area contributed by atoms with Crippen molar-refractivity contribution in [2.24, 2.45) is 5.92 Å². The van der Waals surface area contributed by atoms with Crippen molar-refractivity contribution < 1.29 is 14.5 Å². The Kier molecular flexibility index (Phi) is 3.03. The molecular weight excluding hydrogens is 282 g/mol. The number of nitro groups is 1. The average molecular weight is 295 g/mol. The monoisotopic (exact) mass is 295 g/mol. The van der Waals surface area contributed by atoms with Gasteiger partial charge in [0.05, 0.1) is 18.0 Å². The van der Waals surface area contributed by atoms with Crippen molar-refractivity contribution in [1.29, 1.82) is 0 Å². The van der Waals surface area contributed by atoms with Crippen LogP contribution in [0.3, 0.4) is 0 Å². The van der Waals surface area contributed by atoms with Gasteiger partial charge in [-0.2, -0.15) is 5.21 Å². The standard InChI is InChI=1S/C10H13N7O4/c1-3-5(17(20)21)2-4-7(12-10(19)9(18)11-4)6(3)8-13-15-16-14-8/h3-7H,2H2,1H3,(H,11,18)(H,12,19)(H,13,14,15,16). The summed E-state index contributed by atoms with van der Waals surface area (Å²) in [5, 5.41) is 29.9. The Morgan fingerprint density at radius 3 is 2.62 bits per heavy atom. The zero-order valence-corrected chi connectivity index (χ0v) is 11.0. The number of aromatic nitrogens is 4. The Morgan fingerprint density at radius 1 is 1.29 bits per heavy atom. The fourth-order valence-corrected chi connectivity index (χ4v) is 3.21. The summed E-state index contributed by atoms with van der Waals surface area (Å²) in [6, 6.07) is -1.87. The van der Waals surface area contributed by atoms with E-state index in [0.717, 1.165) is 0 Å². The molecule has 1 aliphatic carbocycles. The Morgan fingerprint density at radius 2 is 2.00 bits per heavy atom. The highest BCUT2D eigenvalue weighted by Gasteiger charge is 2.53. The molecule has 3 rings (SSSR count). The first-order valence-electron chi connectivity index (χ1n) is 6.47. The molecule has 112 valence electrons. The van der Waals surface area contributed by atoms with Crippen molar-refractivity contribution in [3.8, 4) is 0 Å². The maximum absolute atomic E-state index is 11.6. The minimum Gasteiger partial charge on any atom is -0.343 e. The highest BCUT2D eigenvalue weighted by Crippen LogP contribution is 2.38. The van der Waals surface area contributed by atoms with Gasteiger partial charge in [-0.25, -0.2) is 0 Å². The molecular formula is C10H13N7O4. The van der Waals surface area contributed by atoms with E-state index in [4.69, 9.17) is 0 Å². The van der Waals surface area contributed by atoms with E-state index in [1.54, 1.807) is 6.92 Å². The summed E-state index contributed by atoms with van der Waals surface area (Å²) in [5.41, 5.74) is 0. The molecule has 3 N–H and O–H groups in total. The summed E-state index contributed by atoms with van der Waals surface area (Å²) in [6.45, 7) is 1.72. The number of nitrogens with one attached hydrogen (secondary N) is 3. The fourth-order valence-electron chi connectivity index (χ4n) is 3.21. The number of hydrogen-bond donors (Lipinski definition) is 3. The Balaban J connectivity index is 1.98. The van der Waals surface area contributed by atoms with Crippen molar-refractivity contribution in [3.63, 3.8) is 0 Å². The molecule has 2 fully saturated rings. The predicted molar refractivity (Wildman–Crippen MR) is 65.3 cm³/mol. The molecule has 0 bridgehead atoms. The van der Waals surface area contributed by atoms with E-state index >= 15 is 0 Å². The third-order valence-corrected chi connectivity index (χ3v) is 4.24. The van der Waals surface area contributed by atoms with E-state index in [1.165, 1.54) is 0 Å². The molecule has 11 nitrogen and oxygen atoms in total. The fraction of sp³-hybridized carbons (Fsp3) is 0.700. The number of nitrogens with zero attached hydrogens (tertiary/aromatic N) is 4. The molecule has 1 aliphatic heterocycles. The SMILES string of the molecule is CC1C(c2nn[nH]n2)C2NC(=O)C(=O)NC2CC1[N+](=O)[O-]. The molecule has 0 spiro atoms. The van der Waals surface area contributed by atoms with Crippen molar-refractivity contribution in [3.05, 3.63) is 15.9 Å². The first-order valence-corrected chi connectivity index (χ1v) is 6.47. The molecule has 1 aromatic rings. The van der Waals surface area contributed by atoms with Gasteiger partial charge in [-0.15, -0.1) is 10.2 Å². The second-order valence-electron chi connectivity index (χ2n) is 5.32. The molecule has 5 unspecified atom stereocenters. The average Bonchev–Trinajstić information content (AvgIpc) is 2.93. The molecule has 0 radical (unpaired) electrons.